The van der Waals surface area contributed by atoms with Crippen LogP contribution in [0.1, 0.15) is 5.56 Å². The van der Waals surface area contributed by atoms with Crippen LogP contribution in [-0.4, -0.2) is 25.0 Å². The lowest BCUT2D eigenvalue weighted by molar-refractivity contribution is -0.131. The highest BCUT2D eigenvalue weighted by molar-refractivity contribution is 7.87. The van der Waals surface area contributed by atoms with Gasteiger partial charge in [0.2, 0.25) is 0 Å². The zero-order chi connectivity index (χ0) is 14.7. The normalized spacial score (nSPS) is 12.6. The predicted molar refractivity (Wildman–Crippen MR) is 58.7 cm³/mol. The Morgan fingerprint density at radius 2 is 1.95 bits per heavy atom. The number of halogens is 3. The number of hydrogen-bond donors (Lipinski definition) is 1. The molecule has 1 aromatic carbocycles. The van der Waals surface area contributed by atoms with Gasteiger partial charge in [-0.15, -0.1) is 0 Å². The van der Waals surface area contributed by atoms with Crippen LogP contribution in [0.4, 0.5) is 13.2 Å². The smallest absolute Gasteiger partial charge is 0.478 e. The van der Waals surface area contributed by atoms with Crippen molar-refractivity contribution in [1.82, 2.24) is 0 Å². The largest absolute Gasteiger partial charge is 0.534 e. The van der Waals surface area contributed by atoms with E-state index in [1.54, 1.807) is 0 Å². The summed E-state index contributed by atoms with van der Waals surface area (Å²) in [5, 5.41) is 8.37. The molecular weight excluding hydrogens is 289 g/mol. The summed E-state index contributed by atoms with van der Waals surface area (Å²) in [7, 11) is -5.74. The van der Waals surface area contributed by atoms with Crippen molar-refractivity contribution in [1.29, 1.82) is 0 Å². The Bertz CT molecular complexity index is 604. The maximum atomic E-state index is 12.1. The van der Waals surface area contributed by atoms with E-state index in [1.807, 2.05) is 0 Å². The molecule has 1 N–H and O–H groups in total. The quantitative estimate of drug-likeness (QED) is 0.522. The molecule has 104 valence electrons. The van der Waals surface area contributed by atoms with Gasteiger partial charge in [-0.05, 0) is 23.8 Å². The van der Waals surface area contributed by atoms with Crippen molar-refractivity contribution in [3.63, 3.8) is 0 Å². The van der Waals surface area contributed by atoms with Crippen molar-refractivity contribution in [2.24, 2.45) is 0 Å². The summed E-state index contributed by atoms with van der Waals surface area (Å²) < 4.78 is 61.6. The molecule has 1 rings (SSSR count). The average Bonchev–Trinajstić information content (AvgIpc) is 2.24. The number of hydrogen-bond acceptors (Lipinski definition) is 4. The molecule has 0 radical (unpaired) electrons. The fourth-order valence-corrected chi connectivity index (χ4v) is 1.46. The lowest BCUT2D eigenvalue weighted by Gasteiger charge is -2.09. The van der Waals surface area contributed by atoms with Crippen LogP contribution in [-0.2, 0) is 14.9 Å². The maximum absolute atomic E-state index is 12.1. The van der Waals surface area contributed by atoms with Crippen molar-refractivity contribution >= 4 is 22.2 Å². The van der Waals surface area contributed by atoms with Gasteiger partial charge in [-0.3, -0.25) is 0 Å². The van der Waals surface area contributed by atoms with Crippen LogP contribution < -0.4 is 4.18 Å². The third-order valence-electron chi connectivity index (χ3n) is 1.77. The summed E-state index contributed by atoms with van der Waals surface area (Å²) in [6.07, 6.45) is 1.83. The maximum Gasteiger partial charge on any atom is 0.534 e. The molecule has 0 amide bonds. The van der Waals surface area contributed by atoms with Gasteiger partial charge in [-0.2, -0.15) is 21.6 Å². The molecule has 0 atom stereocenters. The Labute approximate surface area is 106 Å². The Morgan fingerprint density at radius 1 is 1.32 bits per heavy atom. The van der Waals surface area contributed by atoms with Crippen LogP contribution in [0, 0.1) is 0 Å². The fourth-order valence-electron chi connectivity index (χ4n) is 1.01. The van der Waals surface area contributed by atoms with Crippen molar-refractivity contribution in [3.05, 3.63) is 35.9 Å². The molecule has 9 heteroatoms. The van der Waals surface area contributed by atoms with Crippen molar-refractivity contribution < 1.29 is 35.7 Å². The molecule has 0 spiro atoms. The van der Waals surface area contributed by atoms with Gasteiger partial charge in [0.25, 0.3) is 0 Å². The van der Waals surface area contributed by atoms with Gasteiger partial charge < -0.3 is 9.29 Å². The molecule has 0 heterocycles. The molecule has 0 fully saturated rings. The summed E-state index contributed by atoms with van der Waals surface area (Å²) in [5.41, 5.74) is -5.35. The SMILES string of the molecule is O=C(O)C=Cc1cccc(OS(=O)(=O)C(F)(F)F)c1. The predicted octanol–water partition coefficient (Wildman–Crippen LogP) is 2.01. The van der Waals surface area contributed by atoms with E-state index in [0.29, 0.717) is 0 Å². The molecule has 0 saturated heterocycles. The van der Waals surface area contributed by atoms with E-state index >= 15 is 0 Å². The second-order valence-electron chi connectivity index (χ2n) is 3.23. The van der Waals surface area contributed by atoms with Gasteiger partial charge in [0.1, 0.15) is 5.75 Å². The zero-order valence-corrected chi connectivity index (χ0v) is 9.90. The first-order valence-corrected chi connectivity index (χ1v) is 6.04. The lowest BCUT2D eigenvalue weighted by Crippen LogP contribution is -2.28. The second kappa shape index (κ2) is 5.31. The van der Waals surface area contributed by atoms with Crippen molar-refractivity contribution in [2.75, 3.05) is 0 Å². The number of carboxylic acids is 1. The van der Waals surface area contributed by atoms with E-state index in [2.05, 4.69) is 4.18 Å². The van der Waals surface area contributed by atoms with Crippen LogP contribution in [0.3, 0.4) is 0 Å². The van der Waals surface area contributed by atoms with Crippen LogP contribution in [0.5, 0.6) is 5.75 Å². The highest BCUT2D eigenvalue weighted by atomic mass is 32.2. The van der Waals surface area contributed by atoms with E-state index in [9.17, 15) is 26.4 Å². The molecule has 0 aromatic heterocycles. The minimum Gasteiger partial charge on any atom is -0.478 e. The molecule has 0 saturated carbocycles. The highest BCUT2D eigenvalue weighted by Crippen LogP contribution is 2.27. The molecule has 0 bridgehead atoms. The Balaban J connectivity index is 2.99. The van der Waals surface area contributed by atoms with Crippen LogP contribution >= 0.6 is 0 Å². The van der Waals surface area contributed by atoms with E-state index in [0.717, 1.165) is 24.3 Å². The number of carbonyl (C=O) groups is 1. The summed E-state index contributed by atoms with van der Waals surface area (Å²) in [6, 6.07) is 4.55. The van der Waals surface area contributed by atoms with Gasteiger partial charge in [0.15, 0.2) is 0 Å². The number of rotatable bonds is 4. The number of benzene rings is 1. The number of aliphatic carboxylic acids is 1. The van der Waals surface area contributed by atoms with E-state index in [-0.39, 0.29) is 5.56 Å². The molecule has 0 aliphatic carbocycles. The minimum absolute atomic E-state index is 0.178. The van der Waals surface area contributed by atoms with Crippen LogP contribution in [0.25, 0.3) is 6.08 Å². The summed E-state index contributed by atoms with van der Waals surface area (Å²) in [4.78, 5) is 10.3. The second-order valence-corrected chi connectivity index (χ2v) is 4.77. The van der Waals surface area contributed by atoms with Gasteiger partial charge in [0, 0.05) is 6.08 Å². The van der Waals surface area contributed by atoms with E-state index in [4.69, 9.17) is 5.11 Å². The van der Waals surface area contributed by atoms with Gasteiger partial charge >= 0.3 is 21.6 Å². The van der Waals surface area contributed by atoms with E-state index in [1.165, 1.54) is 12.1 Å². The lowest BCUT2D eigenvalue weighted by atomic mass is 10.2. The Hall–Kier alpha value is -2.03. The van der Waals surface area contributed by atoms with Crippen LogP contribution in [0.15, 0.2) is 30.3 Å². The van der Waals surface area contributed by atoms with Gasteiger partial charge in [-0.1, -0.05) is 12.1 Å². The molecule has 0 aliphatic heterocycles. The standard InChI is InChI=1S/C10H7F3O5S/c11-10(12,13)19(16,17)18-8-3-1-2-7(6-8)4-5-9(14)15/h1-6H,(H,14,15). The molecule has 19 heavy (non-hydrogen) atoms. The highest BCUT2D eigenvalue weighted by Gasteiger charge is 2.48. The topological polar surface area (TPSA) is 80.7 Å². The number of carboxylic acid groups (broad SMARTS) is 1. The molecule has 0 unspecified atom stereocenters. The van der Waals surface area contributed by atoms with Gasteiger partial charge in [-0.25, -0.2) is 4.79 Å². The summed E-state index contributed by atoms with van der Waals surface area (Å²) in [5.74, 6) is -1.82. The van der Waals surface area contributed by atoms with Crippen molar-refractivity contribution in [3.8, 4) is 5.75 Å². The summed E-state index contributed by atoms with van der Waals surface area (Å²) in [6.45, 7) is 0. The zero-order valence-electron chi connectivity index (χ0n) is 9.09. The summed E-state index contributed by atoms with van der Waals surface area (Å²) >= 11 is 0. The third kappa shape index (κ3) is 4.28. The van der Waals surface area contributed by atoms with Crippen molar-refractivity contribution in [2.45, 2.75) is 5.51 Å². The first-order chi connectivity index (χ1) is 8.62. The van der Waals surface area contributed by atoms with E-state index < -0.39 is 27.3 Å². The molecular formula is C10H7F3O5S. The molecule has 0 aliphatic rings. The monoisotopic (exact) mass is 296 g/mol. The Morgan fingerprint density at radius 3 is 2.47 bits per heavy atom. The number of alkyl halides is 3. The fraction of sp³-hybridized carbons (Fsp3) is 0.100. The van der Waals surface area contributed by atoms with Crippen LogP contribution in [0.2, 0.25) is 0 Å². The van der Waals surface area contributed by atoms with Gasteiger partial charge in [0.05, 0.1) is 0 Å². The first-order valence-electron chi connectivity index (χ1n) is 4.63. The Kier molecular flexibility index (Phi) is 4.20. The molecule has 5 nitrogen and oxygen atoms in total. The third-order valence-corrected chi connectivity index (χ3v) is 2.74. The minimum atomic E-state index is -5.74. The average molecular weight is 296 g/mol. The first kappa shape index (κ1) is 15.0. The molecule has 1 aromatic rings.